The van der Waals surface area contributed by atoms with E-state index in [0.29, 0.717) is 11.2 Å². The van der Waals surface area contributed by atoms with Crippen LogP contribution in [0, 0.1) is 0 Å². The molecule has 4 nitrogen and oxygen atoms in total. The van der Waals surface area contributed by atoms with Gasteiger partial charge in [0, 0.05) is 25.8 Å². The normalized spacial score (nSPS) is 12.5. The largest absolute Gasteiger partial charge is 0.385 e. The molecule has 5 heteroatoms. The van der Waals surface area contributed by atoms with E-state index in [0.717, 1.165) is 18.7 Å². The van der Waals surface area contributed by atoms with Crippen molar-refractivity contribution in [3.05, 3.63) is 17.4 Å². The van der Waals surface area contributed by atoms with E-state index in [1.54, 1.807) is 19.4 Å². The fourth-order valence-corrected chi connectivity index (χ4v) is 1.23. The summed E-state index contributed by atoms with van der Waals surface area (Å²) in [7, 11) is 1.69. The summed E-state index contributed by atoms with van der Waals surface area (Å²) in [6, 6.07) is 2.08. The Hall–Kier alpha value is -0.870. The summed E-state index contributed by atoms with van der Waals surface area (Å²) in [4.78, 5) is 0. The Bertz CT molecular complexity index is 283. The highest BCUT2D eigenvalue weighted by molar-refractivity contribution is 6.29. The molecule has 0 aliphatic heterocycles. The van der Waals surface area contributed by atoms with Gasteiger partial charge in [0.25, 0.3) is 0 Å². The number of methoxy groups -OCH3 is 1. The lowest BCUT2D eigenvalue weighted by Crippen LogP contribution is -2.17. The molecule has 0 spiro atoms. The third kappa shape index (κ3) is 3.89. The number of anilines is 1. The summed E-state index contributed by atoms with van der Waals surface area (Å²) in [5.74, 6) is 0. The molecule has 0 amide bonds. The van der Waals surface area contributed by atoms with E-state index in [2.05, 4.69) is 22.4 Å². The topological polar surface area (TPSA) is 47.0 Å². The molecule has 78 valence electrons. The van der Waals surface area contributed by atoms with Crippen molar-refractivity contribution in [1.82, 2.24) is 10.2 Å². The first-order valence-corrected chi connectivity index (χ1v) is 4.84. The van der Waals surface area contributed by atoms with E-state index in [1.807, 2.05) is 0 Å². The van der Waals surface area contributed by atoms with Crippen LogP contribution in [-0.4, -0.2) is 30.0 Å². The van der Waals surface area contributed by atoms with Crippen molar-refractivity contribution < 1.29 is 4.74 Å². The molecule has 0 radical (unpaired) electrons. The van der Waals surface area contributed by atoms with Gasteiger partial charge >= 0.3 is 0 Å². The van der Waals surface area contributed by atoms with Crippen LogP contribution >= 0.6 is 11.6 Å². The second kappa shape index (κ2) is 5.78. The first-order chi connectivity index (χ1) is 6.72. The molecule has 1 rings (SSSR count). The molecule has 0 aromatic carbocycles. The first kappa shape index (κ1) is 11.2. The van der Waals surface area contributed by atoms with E-state index in [4.69, 9.17) is 16.3 Å². The third-order valence-corrected chi connectivity index (χ3v) is 1.98. The highest BCUT2D eigenvalue weighted by Crippen LogP contribution is 2.12. The standard InChI is InChI=1S/C9H14ClN3O/c1-7(3-4-14-2)12-8-5-9(10)13-11-6-8/h5-7H,3-4H2,1-2H3,(H,12,13). The highest BCUT2D eigenvalue weighted by Gasteiger charge is 2.02. The van der Waals surface area contributed by atoms with Gasteiger partial charge in [-0.15, -0.1) is 5.10 Å². The zero-order chi connectivity index (χ0) is 10.4. The number of aromatic nitrogens is 2. The molecular formula is C9H14ClN3O. The monoisotopic (exact) mass is 215 g/mol. The van der Waals surface area contributed by atoms with Gasteiger partial charge in [0.2, 0.25) is 0 Å². The summed E-state index contributed by atoms with van der Waals surface area (Å²) in [5.41, 5.74) is 0.883. The molecule has 0 aliphatic carbocycles. The van der Waals surface area contributed by atoms with Crippen molar-refractivity contribution in [3.63, 3.8) is 0 Å². The third-order valence-electron chi connectivity index (χ3n) is 1.79. The molecule has 1 N–H and O–H groups in total. The van der Waals surface area contributed by atoms with Gasteiger partial charge in [0.15, 0.2) is 5.15 Å². The van der Waals surface area contributed by atoms with Gasteiger partial charge in [-0.25, -0.2) is 0 Å². The molecule has 0 saturated heterocycles. The lowest BCUT2D eigenvalue weighted by Gasteiger charge is -2.13. The Morgan fingerprint density at radius 3 is 3.07 bits per heavy atom. The molecule has 0 saturated carbocycles. The average molecular weight is 216 g/mol. The maximum atomic E-state index is 5.69. The van der Waals surface area contributed by atoms with Crippen LogP contribution in [0.3, 0.4) is 0 Å². The van der Waals surface area contributed by atoms with E-state index in [9.17, 15) is 0 Å². The number of nitrogens with one attached hydrogen (secondary N) is 1. The van der Waals surface area contributed by atoms with Gasteiger partial charge < -0.3 is 10.1 Å². The Morgan fingerprint density at radius 2 is 2.43 bits per heavy atom. The predicted molar refractivity (Wildman–Crippen MR) is 56.6 cm³/mol. The first-order valence-electron chi connectivity index (χ1n) is 4.46. The minimum atomic E-state index is 0.329. The highest BCUT2D eigenvalue weighted by atomic mass is 35.5. The Morgan fingerprint density at radius 1 is 1.64 bits per heavy atom. The zero-order valence-electron chi connectivity index (χ0n) is 8.33. The zero-order valence-corrected chi connectivity index (χ0v) is 9.08. The molecular weight excluding hydrogens is 202 g/mol. The van der Waals surface area contributed by atoms with Gasteiger partial charge in [0.1, 0.15) is 0 Å². The van der Waals surface area contributed by atoms with E-state index >= 15 is 0 Å². The van der Waals surface area contributed by atoms with Crippen molar-refractivity contribution in [3.8, 4) is 0 Å². The predicted octanol–water partition coefficient (Wildman–Crippen LogP) is 1.97. The smallest absolute Gasteiger partial charge is 0.153 e. The van der Waals surface area contributed by atoms with E-state index in [1.165, 1.54) is 0 Å². The van der Waals surface area contributed by atoms with Crippen molar-refractivity contribution in [1.29, 1.82) is 0 Å². The maximum absolute atomic E-state index is 5.69. The molecule has 1 unspecified atom stereocenters. The van der Waals surface area contributed by atoms with Gasteiger partial charge in [-0.1, -0.05) is 11.6 Å². The number of hydrogen-bond donors (Lipinski definition) is 1. The number of nitrogens with zero attached hydrogens (tertiary/aromatic N) is 2. The van der Waals surface area contributed by atoms with E-state index < -0.39 is 0 Å². The molecule has 0 aliphatic rings. The summed E-state index contributed by atoms with van der Waals surface area (Å²) in [6.07, 6.45) is 2.59. The molecule has 14 heavy (non-hydrogen) atoms. The Balaban J connectivity index is 2.43. The minimum absolute atomic E-state index is 0.329. The second-order valence-corrected chi connectivity index (χ2v) is 3.48. The number of ether oxygens (including phenoxy) is 1. The Labute approximate surface area is 88.6 Å². The average Bonchev–Trinajstić information content (AvgIpc) is 2.15. The van der Waals surface area contributed by atoms with Crippen molar-refractivity contribution in [2.24, 2.45) is 0 Å². The fourth-order valence-electron chi connectivity index (χ4n) is 1.07. The summed E-state index contributed by atoms with van der Waals surface area (Å²) >= 11 is 5.69. The van der Waals surface area contributed by atoms with Crippen molar-refractivity contribution >= 4 is 17.3 Å². The maximum Gasteiger partial charge on any atom is 0.153 e. The summed E-state index contributed by atoms with van der Waals surface area (Å²) in [5, 5.41) is 11.0. The van der Waals surface area contributed by atoms with Gasteiger partial charge in [-0.2, -0.15) is 5.10 Å². The van der Waals surface area contributed by atoms with Crippen LogP contribution < -0.4 is 5.32 Å². The fraction of sp³-hybridized carbons (Fsp3) is 0.556. The molecule has 0 bridgehead atoms. The molecule has 1 heterocycles. The van der Waals surface area contributed by atoms with Crippen LogP contribution in [-0.2, 0) is 4.74 Å². The quantitative estimate of drug-likeness (QED) is 0.816. The molecule has 1 aromatic heterocycles. The van der Waals surface area contributed by atoms with Crippen LogP contribution in [0.15, 0.2) is 12.3 Å². The lowest BCUT2D eigenvalue weighted by molar-refractivity contribution is 0.191. The SMILES string of the molecule is COCCC(C)Nc1cnnc(Cl)c1. The lowest BCUT2D eigenvalue weighted by atomic mass is 10.2. The molecule has 1 aromatic rings. The van der Waals surface area contributed by atoms with Crippen LogP contribution in [0.25, 0.3) is 0 Å². The summed E-state index contributed by atoms with van der Waals surface area (Å²) < 4.78 is 4.98. The molecule has 1 atom stereocenters. The van der Waals surface area contributed by atoms with Crippen LogP contribution in [0.2, 0.25) is 5.15 Å². The van der Waals surface area contributed by atoms with Crippen LogP contribution in [0.5, 0.6) is 0 Å². The van der Waals surface area contributed by atoms with Crippen molar-refractivity contribution in [2.75, 3.05) is 19.0 Å². The van der Waals surface area contributed by atoms with Gasteiger partial charge in [0.05, 0.1) is 11.9 Å². The number of hydrogen-bond acceptors (Lipinski definition) is 4. The minimum Gasteiger partial charge on any atom is -0.385 e. The van der Waals surface area contributed by atoms with Crippen LogP contribution in [0.1, 0.15) is 13.3 Å². The summed E-state index contributed by atoms with van der Waals surface area (Å²) in [6.45, 7) is 2.81. The van der Waals surface area contributed by atoms with Crippen molar-refractivity contribution in [2.45, 2.75) is 19.4 Å². The van der Waals surface area contributed by atoms with E-state index in [-0.39, 0.29) is 0 Å². The van der Waals surface area contributed by atoms with Crippen LogP contribution in [0.4, 0.5) is 5.69 Å². The van der Waals surface area contributed by atoms with Gasteiger partial charge in [-0.3, -0.25) is 0 Å². The number of halogens is 1. The Kier molecular flexibility index (Phi) is 4.62. The molecule has 0 fully saturated rings. The number of rotatable bonds is 5. The van der Waals surface area contributed by atoms with Gasteiger partial charge in [-0.05, 0) is 13.3 Å². The second-order valence-electron chi connectivity index (χ2n) is 3.09.